The smallest absolute Gasteiger partial charge is 0.221 e. The molecule has 1 aliphatic heterocycles. The highest BCUT2D eigenvalue weighted by atomic mass is 16.5. The second-order valence-electron chi connectivity index (χ2n) is 7.45. The van der Waals surface area contributed by atoms with Crippen molar-refractivity contribution in [1.82, 2.24) is 15.2 Å². The molecule has 6 nitrogen and oxygen atoms in total. The lowest BCUT2D eigenvalue weighted by Crippen LogP contribution is -2.37. The molecule has 28 heavy (non-hydrogen) atoms. The number of aryl methyl sites for hydroxylation is 1. The van der Waals surface area contributed by atoms with E-state index in [9.17, 15) is 4.79 Å². The molecule has 1 N–H and O–H groups in total. The summed E-state index contributed by atoms with van der Waals surface area (Å²) in [5, 5.41) is 2.96. The van der Waals surface area contributed by atoms with Gasteiger partial charge in [-0.05, 0) is 39.0 Å². The van der Waals surface area contributed by atoms with Gasteiger partial charge in [-0.25, -0.2) is 0 Å². The van der Waals surface area contributed by atoms with E-state index < -0.39 is 0 Å². The van der Waals surface area contributed by atoms with Gasteiger partial charge < -0.3 is 14.8 Å². The lowest BCUT2D eigenvalue weighted by atomic mass is 10.1. The third kappa shape index (κ3) is 5.96. The highest BCUT2D eigenvalue weighted by Gasteiger charge is 2.20. The van der Waals surface area contributed by atoms with Crippen LogP contribution in [0.5, 0.6) is 11.5 Å². The molecule has 1 amide bonds. The van der Waals surface area contributed by atoms with Gasteiger partial charge in [0.1, 0.15) is 23.7 Å². The van der Waals surface area contributed by atoms with E-state index in [4.69, 9.17) is 9.47 Å². The fourth-order valence-electron chi connectivity index (χ4n) is 3.34. The lowest BCUT2D eigenvalue weighted by Gasteiger charge is -2.22. The van der Waals surface area contributed by atoms with Crippen molar-refractivity contribution in [2.75, 3.05) is 19.6 Å². The zero-order valence-electron chi connectivity index (χ0n) is 16.9. The van der Waals surface area contributed by atoms with Crippen molar-refractivity contribution in [2.45, 2.75) is 45.9 Å². The molecule has 0 fully saturated rings. The predicted octanol–water partition coefficient (Wildman–Crippen LogP) is 2.95. The van der Waals surface area contributed by atoms with E-state index in [1.54, 1.807) is 12.4 Å². The normalized spacial score (nSPS) is 17.8. The number of benzene rings is 1. The van der Waals surface area contributed by atoms with Gasteiger partial charge in [0.2, 0.25) is 5.91 Å². The van der Waals surface area contributed by atoms with E-state index in [-0.39, 0.29) is 18.1 Å². The van der Waals surface area contributed by atoms with E-state index in [2.05, 4.69) is 41.2 Å². The van der Waals surface area contributed by atoms with Crippen molar-refractivity contribution in [1.29, 1.82) is 0 Å². The molecule has 0 aliphatic carbocycles. The number of fused-ring (bicyclic) bond motifs is 1. The Morgan fingerprint density at radius 3 is 3.07 bits per heavy atom. The number of hydrogen-bond acceptors (Lipinski definition) is 5. The molecule has 0 saturated heterocycles. The minimum absolute atomic E-state index is 0.0314. The van der Waals surface area contributed by atoms with E-state index in [1.807, 2.05) is 25.1 Å². The molecule has 0 radical (unpaired) electrons. The largest absolute Gasteiger partial charge is 0.489 e. The summed E-state index contributed by atoms with van der Waals surface area (Å²) in [6.45, 7) is 8.86. The number of rotatable bonds is 7. The van der Waals surface area contributed by atoms with Crippen molar-refractivity contribution >= 4 is 5.91 Å². The number of nitrogens with zero attached hydrogens (tertiary/aromatic N) is 2. The van der Waals surface area contributed by atoms with Crippen molar-refractivity contribution in [3.8, 4) is 11.5 Å². The molecule has 0 bridgehead atoms. The Bertz CT molecular complexity index is 782. The van der Waals surface area contributed by atoms with Crippen LogP contribution in [0.2, 0.25) is 0 Å². The molecule has 3 rings (SSSR count). The summed E-state index contributed by atoms with van der Waals surface area (Å²) in [5.41, 5.74) is 2.40. The molecule has 0 saturated carbocycles. The Morgan fingerprint density at radius 2 is 2.29 bits per heavy atom. The topological polar surface area (TPSA) is 63.7 Å². The van der Waals surface area contributed by atoms with Crippen molar-refractivity contribution in [3.63, 3.8) is 0 Å². The second-order valence-corrected chi connectivity index (χ2v) is 7.45. The zero-order chi connectivity index (χ0) is 19.9. The van der Waals surface area contributed by atoms with Crippen LogP contribution in [-0.4, -0.2) is 47.6 Å². The molecular weight excluding hydrogens is 354 g/mol. The molecule has 6 heteroatoms. The second kappa shape index (κ2) is 9.55. The van der Waals surface area contributed by atoms with Gasteiger partial charge in [0, 0.05) is 37.8 Å². The van der Waals surface area contributed by atoms with Crippen LogP contribution in [0.15, 0.2) is 42.7 Å². The van der Waals surface area contributed by atoms with Gasteiger partial charge in [0.25, 0.3) is 0 Å². The maximum absolute atomic E-state index is 12.3. The van der Waals surface area contributed by atoms with Crippen LogP contribution in [-0.2, 0) is 11.3 Å². The van der Waals surface area contributed by atoms with Gasteiger partial charge in [0.15, 0.2) is 0 Å². The number of hydrogen-bond donors (Lipinski definition) is 1. The molecule has 1 aromatic heterocycles. The van der Waals surface area contributed by atoms with Crippen LogP contribution < -0.4 is 14.8 Å². The lowest BCUT2D eigenvalue weighted by molar-refractivity contribution is -0.121. The molecule has 2 atom stereocenters. The zero-order valence-corrected chi connectivity index (χ0v) is 16.9. The van der Waals surface area contributed by atoms with Crippen LogP contribution in [0.3, 0.4) is 0 Å². The van der Waals surface area contributed by atoms with Gasteiger partial charge in [-0.2, -0.15) is 0 Å². The summed E-state index contributed by atoms with van der Waals surface area (Å²) >= 11 is 0. The first kappa shape index (κ1) is 20.1. The number of aromatic nitrogens is 1. The molecule has 1 aliphatic rings. The molecule has 0 spiro atoms. The minimum Gasteiger partial charge on any atom is -0.489 e. The highest BCUT2D eigenvalue weighted by Crippen LogP contribution is 2.26. The van der Waals surface area contributed by atoms with E-state index in [0.717, 1.165) is 18.8 Å². The fourth-order valence-corrected chi connectivity index (χ4v) is 3.34. The highest BCUT2D eigenvalue weighted by molar-refractivity contribution is 5.76. The third-order valence-electron chi connectivity index (χ3n) is 4.67. The van der Waals surface area contributed by atoms with Crippen LogP contribution in [0.25, 0.3) is 0 Å². The van der Waals surface area contributed by atoms with Crippen LogP contribution in [0.1, 0.15) is 31.4 Å². The monoisotopic (exact) mass is 383 g/mol. The fraction of sp³-hybridized carbons (Fsp3) is 0.455. The summed E-state index contributed by atoms with van der Waals surface area (Å²) in [6, 6.07) is 9.96. The molecule has 150 valence electrons. The van der Waals surface area contributed by atoms with Gasteiger partial charge in [0.05, 0.1) is 12.7 Å². The van der Waals surface area contributed by atoms with Crippen LogP contribution in [0, 0.1) is 6.92 Å². The Labute approximate surface area is 166 Å². The number of pyridine rings is 1. The first-order valence-corrected chi connectivity index (χ1v) is 9.81. The SMILES string of the molecule is Cc1ccc2c(c1)CN(CCC(=O)NCC(C)Oc1cccnc1)CC(C)O2. The summed E-state index contributed by atoms with van der Waals surface area (Å²) in [6.07, 6.45) is 3.80. The van der Waals surface area contributed by atoms with Gasteiger partial charge in [-0.15, -0.1) is 0 Å². The van der Waals surface area contributed by atoms with E-state index >= 15 is 0 Å². The number of nitrogens with one attached hydrogen (secondary N) is 1. The number of carbonyl (C=O) groups excluding carboxylic acids is 1. The van der Waals surface area contributed by atoms with Crippen molar-refractivity contribution in [3.05, 3.63) is 53.9 Å². The average Bonchev–Trinajstić information content (AvgIpc) is 2.83. The Morgan fingerprint density at radius 1 is 1.43 bits per heavy atom. The molecule has 2 unspecified atom stereocenters. The number of carbonyl (C=O) groups is 1. The van der Waals surface area contributed by atoms with Crippen molar-refractivity contribution < 1.29 is 14.3 Å². The first-order valence-electron chi connectivity index (χ1n) is 9.81. The third-order valence-corrected chi connectivity index (χ3v) is 4.67. The Kier molecular flexibility index (Phi) is 6.87. The predicted molar refractivity (Wildman–Crippen MR) is 108 cm³/mol. The Balaban J connectivity index is 1.44. The van der Waals surface area contributed by atoms with Crippen LogP contribution >= 0.6 is 0 Å². The molecule has 2 aromatic rings. The maximum atomic E-state index is 12.3. The maximum Gasteiger partial charge on any atom is 0.221 e. The summed E-state index contributed by atoms with van der Waals surface area (Å²) in [5.74, 6) is 1.69. The molecule has 1 aromatic carbocycles. The summed E-state index contributed by atoms with van der Waals surface area (Å²) < 4.78 is 11.8. The number of ether oxygens (including phenoxy) is 2. The standard InChI is InChI=1S/C22H29N3O3/c1-16-6-7-21-19(11-16)15-25(14-18(3)28-21)10-8-22(26)24-12-17(2)27-20-5-4-9-23-13-20/h4-7,9,11,13,17-18H,8,10,12,14-15H2,1-3H3,(H,24,26). The van der Waals surface area contributed by atoms with Gasteiger partial charge >= 0.3 is 0 Å². The minimum atomic E-state index is -0.116. The quantitative estimate of drug-likeness (QED) is 0.796. The van der Waals surface area contributed by atoms with E-state index in [0.29, 0.717) is 25.3 Å². The van der Waals surface area contributed by atoms with Crippen molar-refractivity contribution in [2.24, 2.45) is 0 Å². The summed E-state index contributed by atoms with van der Waals surface area (Å²) in [4.78, 5) is 18.6. The van der Waals surface area contributed by atoms with Crippen LogP contribution in [0.4, 0.5) is 0 Å². The van der Waals surface area contributed by atoms with Gasteiger partial charge in [-0.3, -0.25) is 14.7 Å². The Hall–Kier alpha value is -2.60. The summed E-state index contributed by atoms with van der Waals surface area (Å²) in [7, 11) is 0. The van der Waals surface area contributed by atoms with Gasteiger partial charge in [-0.1, -0.05) is 17.7 Å². The average molecular weight is 383 g/mol. The molecule has 2 heterocycles. The van der Waals surface area contributed by atoms with E-state index in [1.165, 1.54) is 11.1 Å². The number of amides is 1. The first-order chi connectivity index (χ1) is 13.5. The molecular formula is C22H29N3O3.